The first-order valence-electron chi connectivity index (χ1n) is 11.2. The van der Waals surface area contributed by atoms with E-state index in [0.29, 0.717) is 42.1 Å². The van der Waals surface area contributed by atoms with Crippen LogP contribution >= 0.6 is 27.3 Å². The molecule has 1 aliphatic heterocycles. The van der Waals surface area contributed by atoms with Crippen molar-refractivity contribution in [1.82, 2.24) is 4.57 Å². The first-order valence-corrected chi connectivity index (χ1v) is 12.8. The molecule has 0 amide bonds. The molecule has 0 radical (unpaired) electrons. The number of ether oxygens (including phenoxy) is 3. The number of rotatable bonds is 7. The summed E-state index contributed by atoms with van der Waals surface area (Å²) in [6.45, 7) is 3.69. The van der Waals surface area contributed by atoms with Crippen LogP contribution in [0.25, 0.3) is 12.2 Å². The molecule has 0 fully saturated rings. The second kappa shape index (κ2) is 11.1. The number of methoxy groups -OCH3 is 2. The number of hydrogen-bond donors (Lipinski definition) is 0. The minimum atomic E-state index is -0.769. The van der Waals surface area contributed by atoms with Crippen molar-refractivity contribution in [1.29, 1.82) is 0 Å². The predicted molar refractivity (Wildman–Crippen MR) is 144 cm³/mol. The molecule has 7 nitrogen and oxygen atoms in total. The number of carbonyl (C=O) groups excluding carboxylic acids is 1. The second-order valence-corrected chi connectivity index (χ2v) is 9.69. The van der Waals surface area contributed by atoms with Gasteiger partial charge in [0.2, 0.25) is 0 Å². The van der Waals surface area contributed by atoms with Gasteiger partial charge in [-0.3, -0.25) is 9.36 Å². The van der Waals surface area contributed by atoms with Crippen molar-refractivity contribution < 1.29 is 19.0 Å². The maximum Gasteiger partial charge on any atom is 0.338 e. The number of halogens is 1. The van der Waals surface area contributed by atoms with Crippen LogP contribution in [0.5, 0.6) is 11.5 Å². The molecule has 36 heavy (non-hydrogen) atoms. The summed E-state index contributed by atoms with van der Waals surface area (Å²) in [5.74, 6) is 0.468. The first-order chi connectivity index (χ1) is 17.4. The van der Waals surface area contributed by atoms with Crippen LogP contribution in [0, 0.1) is 0 Å². The van der Waals surface area contributed by atoms with Gasteiger partial charge in [-0.2, -0.15) is 0 Å². The molecule has 1 aromatic heterocycles. The monoisotopic (exact) mass is 568 g/mol. The van der Waals surface area contributed by atoms with Crippen molar-refractivity contribution in [2.75, 3.05) is 20.8 Å². The van der Waals surface area contributed by atoms with Crippen molar-refractivity contribution >= 4 is 45.4 Å². The lowest BCUT2D eigenvalue weighted by molar-refractivity contribution is -0.139. The quantitative estimate of drug-likeness (QED) is 0.398. The van der Waals surface area contributed by atoms with Crippen LogP contribution in [-0.4, -0.2) is 31.4 Å². The van der Waals surface area contributed by atoms with E-state index < -0.39 is 12.0 Å². The van der Waals surface area contributed by atoms with E-state index in [1.807, 2.05) is 42.5 Å². The highest BCUT2D eigenvalue weighted by molar-refractivity contribution is 9.10. The number of fused-ring (bicyclic) bond motifs is 1. The van der Waals surface area contributed by atoms with E-state index >= 15 is 0 Å². The van der Waals surface area contributed by atoms with Gasteiger partial charge >= 0.3 is 5.97 Å². The number of nitrogens with zero attached hydrogens (tertiary/aromatic N) is 2. The highest BCUT2D eigenvalue weighted by Gasteiger charge is 2.35. The molecular weight excluding hydrogens is 544 g/mol. The largest absolute Gasteiger partial charge is 0.493 e. The highest BCUT2D eigenvalue weighted by Crippen LogP contribution is 2.40. The molecule has 0 bridgehead atoms. The van der Waals surface area contributed by atoms with Gasteiger partial charge in [-0.25, -0.2) is 9.79 Å². The lowest BCUT2D eigenvalue weighted by Gasteiger charge is -2.26. The zero-order valence-corrected chi connectivity index (χ0v) is 22.7. The van der Waals surface area contributed by atoms with Crippen LogP contribution in [0.1, 0.15) is 31.0 Å². The van der Waals surface area contributed by atoms with Gasteiger partial charge in [0.05, 0.1) is 42.7 Å². The topological polar surface area (TPSA) is 79.1 Å². The van der Waals surface area contributed by atoms with Crippen molar-refractivity contribution in [3.8, 4) is 11.5 Å². The van der Waals surface area contributed by atoms with Gasteiger partial charge in [-0.1, -0.05) is 69.8 Å². The smallest absolute Gasteiger partial charge is 0.338 e. The van der Waals surface area contributed by atoms with E-state index in [4.69, 9.17) is 14.2 Å². The van der Waals surface area contributed by atoms with E-state index in [0.717, 1.165) is 5.56 Å². The Bertz CT molecular complexity index is 1540. The Morgan fingerprint density at radius 2 is 1.86 bits per heavy atom. The Morgan fingerprint density at radius 3 is 2.53 bits per heavy atom. The van der Waals surface area contributed by atoms with Crippen LogP contribution in [-0.2, 0) is 9.53 Å². The summed E-state index contributed by atoms with van der Waals surface area (Å²) in [6.07, 6.45) is 5.53. The Balaban J connectivity index is 1.93. The number of benzene rings is 2. The average Bonchev–Trinajstić information content (AvgIpc) is 3.18. The number of aromatic nitrogens is 1. The predicted octanol–water partition coefficient (Wildman–Crippen LogP) is 4.24. The highest BCUT2D eigenvalue weighted by atomic mass is 79.9. The fourth-order valence-electron chi connectivity index (χ4n) is 3.99. The molecule has 1 atom stereocenters. The Hall–Kier alpha value is -3.43. The maximum absolute atomic E-state index is 13.7. The fourth-order valence-corrected chi connectivity index (χ4v) is 5.53. The molecule has 0 spiro atoms. The first kappa shape index (κ1) is 25.7. The summed E-state index contributed by atoms with van der Waals surface area (Å²) >= 11 is 4.87. The van der Waals surface area contributed by atoms with E-state index in [9.17, 15) is 9.59 Å². The fraction of sp³-hybridized carbons (Fsp3) is 0.222. The Kier molecular flexibility index (Phi) is 7.91. The number of thiazole rings is 1. The minimum Gasteiger partial charge on any atom is -0.493 e. The lowest BCUT2D eigenvalue weighted by atomic mass is 9.95. The Labute approximate surface area is 220 Å². The van der Waals surface area contributed by atoms with Gasteiger partial charge in [0.1, 0.15) is 0 Å². The van der Waals surface area contributed by atoms with E-state index in [2.05, 4.69) is 20.9 Å². The van der Waals surface area contributed by atoms with Gasteiger partial charge in [-0.15, -0.1) is 0 Å². The summed E-state index contributed by atoms with van der Waals surface area (Å²) in [5.41, 5.74) is 2.21. The van der Waals surface area contributed by atoms with Gasteiger partial charge in [0.25, 0.3) is 5.56 Å². The second-order valence-electron chi connectivity index (χ2n) is 7.82. The van der Waals surface area contributed by atoms with E-state index in [1.54, 1.807) is 39.2 Å². The lowest BCUT2D eigenvalue weighted by Crippen LogP contribution is -2.40. The normalized spacial score (nSPS) is 15.6. The number of allylic oxidation sites excluding steroid dienone is 2. The van der Waals surface area contributed by atoms with Gasteiger partial charge in [-0.05, 0) is 43.2 Å². The van der Waals surface area contributed by atoms with Crippen LogP contribution in [0.4, 0.5) is 0 Å². The number of carbonyl (C=O) groups is 1. The van der Waals surface area contributed by atoms with Crippen molar-refractivity contribution in [2.45, 2.75) is 19.9 Å². The molecule has 2 heterocycles. The van der Waals surface area contributed by atoms with E-state index in [-0.39, 0.29) is 12.2 Å². The molecule has 2 aromatic carbocycles. The third-order valence-electron chi connectivity index (χ3n) is 5.65. The Morgan fingerprint density at radius 1 is 1.17 bits per heavy atom. The molecule has 1 aliphatic rings. The molecule has 186 valence electrons. The molecule has 0 unspecified atom stereocenters. The van der Waals surface area contributed by atoms with Gasteiger partial charge in [0, 0.05) is 4.47 Å². The van der Waals surface area contributed by atoms with Crippen molar-refractivity contribution in [3.63, 3.8) is 0 Å². The van der Waals surface area contributed by atoms with Crippen molar-refractivity contribution in [3.05, 3.63) is 95.1 Å². The zero-order chi connectivity index (χ0) is 25.8. The molecule has 0 saturated carbocycles. The minimum absolute atomic E-state index is 0.199. The van der Waals surface area contributed by atoms with Crippen molar-refractivity contribution in [2.24, 2.45) is 4.99 Å². The molecule has 4 rings (SSSR count). The summed E-state index contributed by atoms with van der Waals surface area (Å²) < 4.78 is 19.0. The average molecular weight is 569 g/mol. The molecule has 3 aromatic rings. The summed E-state index contributed by atoms with van der Waals surface area (Å²) in [6, 6.07) is 12.6. The summed E-state index contributed by atoms with van der Waals surface area (Å²) in [4.78, 5) is 31.9. The van der Waals surface area contributed by atoms with E-state index in [1.165, 1.54) is 23.0 Å². The third-order valence-corrected chi connectivity index (χ3v) is 7.34. The summed E-state index contributed by atoms with van der Waals surface area (Å²) in [5, 5.41) is 0. The SMILES string of the molecule is CCOC(=O)C1=C(C)N=c2s/c(=C/C=C/c3ccccc3)c(=O)n2[C@H]1c1cc(OC)c(OC)cc1Br. The van der Waals surface area contributed by atoms with Crippen LogP contribution in [0.15, 0.2) is 74.1 Å². The van der Waals surface area contributed by atoms with Crippen LogP contribution in [0.2, 0.25) is 0 Å². The molecule has 0 saturated heterocycles. The molecule has 0 N–H and O–H groups in total. The zero-order valence-electron chi connectivity index (χ0n) is 20.3. The summed E-state index contributed by atoms with van der Waals surface area (Å²) in [7, 11) is 3.08. The molecule has 0 aliphatic carbocycles. The van der Waals surface area contributed by atoms with Crippen LogP contribution < -0.4 is 24.4 Å². The number of esters is 1. The standard InChI is InChI=1S/C27H25BrN2O5S/c1-5-35-26(32)23-16(2)29-27-30(24(23)18-14-20(33-3)21(34-4)15-19(18)28)25(31)22(36-27)13-9-12-17-10-7-6-8-11-17/h6-15,24H,5H2,1-4H3/b12-9+,22-13+/t24-/m0/s1. The molecular formula is C27H25BrN2O5S. The maximum atomic E-state index is 13.7. The van der Waals surface area contributed by atoms with Gasteiger partial charge < -0.3 is 14.2 Å². The third kappa shape index (κ3) is 4.94. The molecule has 9 heteroatoms. The van der Waals surface area contributed by atoms with Gasteiger partial charge in [0.15, 0.2) is 16.3 Å². The van der Waals surface area contributed by atoms with Crippen LogP contribution in [0.3, 0.4) is 0 Å². The number of hydrogen-bond acceptors (Lipinski definition) is 7.